The summed E-state index contributed by atoms with van der Waals surface area (Å²) in [5.41, 5.74) is 3.39. The fourth-order valence-electron chi connectivity index (χ4n) is 1.49. The quantitative estimate of drug-likeness (QED) is 0.419. The van der Waals surface area contributed by atoms with Crippen LogP contribution in [0.25, 0.3) is 0 Å². The Morgan fingerprint density at radius 1 is 1.60 bits per heavy atom. The molecule has 1 fully saturated rings. The predicted octanol–water partition coefficient (Wildman–Crippen LogP) is 0.550. The molecule has 0 aliphatic heterocycles. The summed E-state index contributed by atoms with van der Waals surface area (Å²) in [4.78, 5) is 3.99. The van der Waals surface area contributed by atoms with Crippen LogP contribution in [0.1, 0.15) is 12.8 Å². The van der Waals surface area contributed by atoms with Crippen molar-refractivity contribution in [1.82, 2.24) is 4.98 Å². The maximum absolute atomic E-state index is 9.66. The van der Waals surface area contributed by atoms with Crippen molar-refractivity contribution in [1.29, 1.82) is 0 Å². The smallest absolute Gasteiger partial charge is 0.141 e. The van der Waals surface area contributed by atoms with Crippen LogP contribution in [-0.2, 0) is 0 Å². The summed E-state index contributed by atoms with van der Waals surface area (Å²) in [7, 11) is 0. The van der Waals surface area contributed by atoms with Crippen molar-refractivity contribution in [2.75, 3.05) is 17.3 Å². The van der Waals surface area contributed by atoms with Crippen molar-refractivity contribution >= 4 is 11.5 Å². The Bertz CT molecular complexity index is 327. The molecule has 0 radical (unpaired) electrons. The van der Waals surface area contributed by atoms with E-state index in [4.69, 9.17) is 5.84 Å². The van der Waals surface area contributed by atoms with Gasteiger partial charge in [0, 0.05) is 24.5 Å². The summed E-state index contributed by atoms with van der Waals surface area (Å²) in [5, 5.41) is 12.8. The van der Waals surface area contributed by atoms with E-state index in [0.29, 0.717) is 18.3 Å². The number of pyridine rings is 1. The van der Waals surface area contributed by atoms with E-state index in [-0.39, 0.29) is 6.10 Å². The average molecular weight is 208 g/mol. The van der Waals surface area contributed by atoms with Crippen molar-refractivity contribution in [2.45, 2.75) is 18.9 Å². The molecule has 1 unspecified atom stereocenters. The molecule has 1 aliphatic rings. The number of aliphatic hydroxyl groups excluding tert-OH is 1. The number of nitrogens with zero attached hydrogens (tertiary/aromatic N) is 1. The van der Waals surface area contributed by atoms with Crippen LogP contribution in [-0.4, -0.2) is 22.7 Å². The molecular formula is C10H16N4O. The van der Waals surface area contributed by atoms with E-state index in [2.05, 4.69) is 15.7 Å². The minimum Gasteiger partial charge on any atom is -0.391 e. The van der Waals surface area contributed by atoms with E-state index in [1.54, 1.807) is 12.3 Å². The molecule has 1 heterocycles. The molecule has 1 atom stereocenters. The molecule has 5 heteroatoms. The molecule has 1 aliphatic carbocycles. The highest BCUT2D eigenvalue weighted by atomic mass is 16.3. The monoisotopic (exact) mass is 208 g/mol. The highest BCUT2D eigenvalue weighted by Gasteiger charge is 2.29. The number of hydrogen-bond donors (Lipinski definition) is 4. The molecule has 5 nitrogen and oxygen atoms in total. The van der Waals surface area contributed by atoms with Gasteiger partial charge in [0.2, 0.25) is 0 Å². The second-order valence-corrected chi connectivity index (χ2v) is 3.86. The lowest BCUT2D eigenvalue weighted by Gasteiger charge is -2.12. The van der Waals surface area contributed by atoms with Crippen molar-refractivity contribution in [3.05, 3.63) is 18.3 Å². The molecule has 0 bridgehead atoms. The van der Waals surface area contributed by atoms with E-state index in [0.717, 1.165) is 18.5 Å². The number of nitrogens with two attached hydrogens (primary N) is 1. The molecule has 15 heavy (non-hydrogen) atoms. The van der Waals surface area contributed by atoms with Crippen LogP contribution in [0.2, 0.25) is 0 Å². The van der Waals surface area contributed by atoms with Crippen LogP contribution in [0.15, 0.2) is 18.3 Å². The van der Waals surface area contributed by atoms with E-state index in [1.165, 1.54) is 0 Å². The van der Waals surface area contributed by atoms with Gasteiger partial charge in [0.25, 0.3) is 0 Å². The third-order valence-electron chi connectivity index (χ3n) is 2.59. The number of rotatable bonds is 5. The van der Waals surface area contributed by atoms with Gasteiger partial charge in [-0.2, -0.15) is 0 Å². The van der Waals surface area contributed by atoms with Crippen molar-refractivity contribution in [3.8, 4) is 0 Å². The first-order valence-electron chi connectivity index (χ1n) is 5.14. The number of aliphatic hydroxyl groups is 1. The van der Waals surface area contributed by atoms with Gasteiger partial charge in [0.05, 0.1) is 6.10 Å². The Morgan fingerprint density at radius 3 is 3.07 bits per heavy atom. The van der Waals surface area contributed by atoms with Crippen LogP contribution in [0, 0.1) is 5.92 Å². The molecule has 1 aromatic rings. The van der Waals surface area contributed by atoms with Crippen LogP contribution < -0.4 is 16.6 Å². The normalized spacial score (nSPS) is 17.2. The van der Waals surface area contributed by atoms with Gasteiger partial charge in [0.1, 0.15) is 5.82 Å². The zero-order chi connectivity index (χ0) is 10.7. The molecule has 1 aromatic heterocycles. The number of hydrazine groups is 1. The van der Waals surface area contributed by atoms with Crippen molar-refractivity contribution < 1.29 is 5.11 Å². The molecule has 0 aromatic carbocycles. The van der Waals surface area contributed by atoms with Crippen LogP contribution in [0.4, 0.5) is 11.5 Å². The average Bonchev–Trinajstić information content (AvgIpc) is 3.10. The predicted molar refractivity (Wildman–Crippen MR) is 59.3 cm³/mol. The van der Waals surface area contributed by atoms with Gasteiger partial charge in [-0.1, -0.05) is 0 Å². The van der Waals surface area contributed by atoms with Gasteiger partial charge in [-0.25, -0.2) is 10.8 Å². The van der Waals surface area contributed by atoms with Gasteiger partial charge in [0.15, 0.2) is 0 Å². The third kappa shape index (κ3) is 2.81. The lowest BCUT2D eigenvalue weighted by molar-refractivity contribution is 0.164. The minimum absolute atomic E-state index is 0.243. The summed E-state index contributed by atoms with van der Waals surface area (Å²) in [6.45, 7) is 0.582. The number of anilines is 2. The highest BCUT2D eigenvalue weighted by molar-refractivity contribution is 5.51. The van der Waals surface area contributed by atoms with Crippen LogP contribution >= 0.6 is 0 Å². The topological polar surface area (TPSA) is 83.2 Å². The maximum atomic E-state index is 9.66. The Kier molecular flexibility index (Phi) is 3.03. The summed E-state index contributed by atoms with van der Waals surface area (Å²) >= 11 is 0. The van der Waals surface area contributed by atoms with Crippen LogP contribution in [0.3, 0.4) is 0 Å². The maximum Gasteiger partial charge on any atom is 0.141 e. The van der Waals surface area contributed by atoms with E-state index in [1.807, 2.05) is 6.07 Å². The van der Waals surface area contributed by atoms with E-state index < -0.39 is 0 Å². The molecule has 5 N–H and O–H groups in total. The van der Waals surface area contributed by atoms with Crippen molar-refractivity contribution in [2.24, 2.45) is 11.8 Å². The largest absolute Gasteiger partial charge is 0.391 e. The Hall–Kier alpha value is -1.33. The SMILES string of the molecule is NNc1cc(NCC(O)C2CC2)ccn1. The van der Waals surface area contributed by atoms with Gasteiger partial charge >= 0.3 is 0 Å². The fraction of sp³-hybridized carbons (Fsp3) is 0.500. The second kappa shape index (κ2) is 4.46. The molecule has 0 spiro atoms. The Balaban J connectivity index is 1.86. The zero-order valence-corrected chi connectivity index (χ0v) is 8.48. The van der Waals surface area contributed by atoms with E-state index in [9.17, 15) is 5.11 Å². The molecule has 1 saturated carbocycles. The molecule has 2 rings (SSSR count). The highest BCUT2D eigenvalue weighted by Crippen LogP contribution is 2.32. The number of nitrogens with one attached hydrogen (secondary N) is 2. The Labute approximate surface area is 88.7 Å². The zero-order valence-electron chi connectivity index (χ0n) is 8.48. The molecule has 0 saturated heterocycles. The summed E-state index contributed by atoms with van der Waals surface area (Å²) in [5.74, 6) is 6.35. The van der Waals surface area contributed by atoms with Gasteiger partial charge in [-0.05, 0) is 24.8 Å². The summed E-state index contributed by atoms with van der Waals surface area (Å²) in [6, 6.07) is 3.65. The first kappa shape index (κ1) is 10.2. The van der Waals surface area contributed by atoms with Gasteiger partial charge in [-0.3, -0.25) is 0 Å². The number of hydrogen-bond acceptors (Lipinski definition) is 5. The summed E-state index contributed by atoms with van der Waals surface area (Å²) in [6.07, 6.45) is 3.72. The first-order valence-corrected chi connectivity index (χ1v) is 5.14. The molecule has 82 valence electrons. The lowest BCUT2D eigenvalue weighted by Crippen LogP contribution is -2.21. The summed E-state index contributed by atoms with van der Waals surface area (Å²) < 4.78 is 0. The molecular weight excluding hydrogens is 192 g/mol. The number of aromatic nitrogens is 1. The fourth-order valence-corrected chi connectivity index (χ4v) is 1.49. The van der Waals surface area contributed by atoms with E-state index >= 15 is 0 Å². The standard InChI is InChI=1S/C10H16N4O/c11-14-10-5-8(3-4-12-10)13-6-9(15)7-1-2-7/h3-5,7,9,15H,1-2,6,11H2,(H2,12,13,14). The minimum atomic E-state index is -0.243. The lowest BCUT2D eigenvalue weighted by atomic mass is 10.2. The van der Waals surface area contributed by atoms with Gasteiger partial charge in [-0.15, -0.1) is 0 Å². The Morgan fingerprint density at radius 2 is 2.40 bits per heavy atom. The van der Waals surface area contributed by atoms with Crippen LogP contribution in [0.5, 0.6) is 0 Å². The van der Waals surface area contributed by atoms with Crippen molar-refractivity contribution in [3.63, 3.8) is 0 Å². The first-order chi connectivity index (χ1) is 7.29. The van der Waals surface area contributed by atoms with Gasteiger partial charge < -0.3 is 15.8 Å². The molecule has 0 amide bonds. The number of nitrogen functional groups attached to an aromatic ring is 1. The second-order valence-electron chi connectivity index (χ2n) is 3.86. The third-order valence-corrected chi connectivity index (χ3v) is 2.59.